The molecule has 2 rings (SSSR count). The number of rotatable bonds is 8. The number of carbonyl (C=O) groups is 1. The molecule has 0 unspecified atom stereocenters. The van der Waals surface area contributed by atoms with E-state index in [4.69, 9.17) is 4.74 Å². The molecule has 0 saturated heterocycles. The van der Waals surface area contributed by atoms with Gasteiger partial charge in [0.15, 0.2) is 5.78 Å². The third-order valence-electron chi connectivity index (χ3n) is 3.53. The van der Waals surface area contributed by atoms with Crippen molar-refractivity contribution in [1.29, 1.82) is 0 Å². The molecule has 2 aromatic rings. The Balaban J connectivity index is 0.00000190. The zero-order valence-electron chi connectivity index (χ0n) is 17.1. The first-order chi connectivity index (χ1) is 13.5. The SMILES string of the molecule is C=C(C)/C(=C\C=C/C)OC(=C)c1cccc(CC(=O)c2ccncc2)n1.CC. The van der Waals surface area contributed by atoms with Gasteiger partial charge in [0.05, 0.1) is 6.42 Å². The fourth-order valence-corrected chi connectivity index (χ4v) is 2.17. The van der Waals surface area contributed by atoms with Crippen molar-refractivity contribution in [1.82, 2.24) is 9.97 Å². The zero-order valence-corrected chi connectivity index (χ0v) is 17.1. The van der Waals surface area contributed by atoms with Crippen molar-refractivity contribution >= 4 is 11.5 Å². The molecule has 2 aromatic heterocycles. The van der Waals surface area contributed by atoms with Crippen LogP contribution in [0.4, 0.5) is 0 Å². The van der Waals surface area contributed by atoms with Crippen molar-refractivity contribution in [3.63, 3.8) is 0 Å². The molecular weight excluding hydrogens is 348 g/mol. The van der Waals surface area contributed by atoms with Crippen molar-refractivity contribution in [2.75, 3.05) is 0 Å². The van der Waals surface area contributed by atoms with E-state index in [2.05, 4.69) is 23.1 Å². The summed E-state index contributed by atoms with van der Waals surface area (Å²) in [7, 11) is 0. The van der Waals surface area contributed by atoms with Gasteiger partial charge in [0.2, 0.25) is 0 Å². The summed E-state index contributed by atoms with van der Waals surface area (Å²) in [4.78, 5) is 20.7. The van der Waals surface area contributed by atoms with Crippen LogP contribution < -0.4 is 0 Å². The lowest BCUT2D eigenvalue weighted by Gasteiger charge is -2.12. The second-order valence-electron chi connectivity index (χ2n) is 5.71. The Morgan fingerprint density at radius 1 is 1.14 bits per heavy atom. The molecule has 0 aliphatic rings. The van der Waals surface area contributed by atoms with Crippen molar-refractivity contribution in [2.24, 2.45) is 0 Å². The predicted octanol–water partition coefficient (Wildman–Crippen LogP) is 5.95. The molecule has 4 heteroatoms. The Hall–Kier alpha value is -3.27. The highest BCUT2D eigenvalue weighted by Gasteiger charge is 2.11. The Morgan fingerprint density at radius 2 is 1.82 bits per heavy atom. The van der Waals surface area contributed by atoms with E-state index < -0.39 is 0 Å². The van der Waals surface area contributed by atoms with Crippen LogP contribution in [-0.2, 0) is 11.2 Å². The molecule has 0 fully saturated rings. The maximum atomic E-state index is 12.3. The van der Waals surface area contributed by atoms with E-state index in [1.807, 2.05) is 58.1 Å². The topological polar surface area (TPSA) is 52.1 Å². The van der Waals surface area contributed by atoms with Gasteiger partial charge in [0.25, 0.3) is 0 Å². The van der Waals surface area contributed by atoms with Crippen LogP contribution in [0.5, 0.6) is 0 Å². The van der Waals surface area contributed by atoms with Crippen LogP contribution in [0.3, 0.4) is 0 Å². The van der Waals surface area contributed by atoms with E-state index >= 15 is 0 Å². The van der Waals surface area contributed by atoms with Crippen molar-refractivity contribution in [2.45, 2.75) is 34.1 Å². The van der Waals surface area contributed by atoms with Crippen LogP contribution in [0.15, 0.2) is 85.4 Å². The fraction of sp³-hybridized carbons (Fsp3) is 0.208. The number of ketones is 1. The average Bonchev–Trinajstić information content (AvgIpc) is 2.73. The lowest BCUT2D eigenvalue weighted by atomic mass is 10.1. The Kier molecular flexibility index (Phi) is 9.90. The Morgan fingerprint density at radius 3 is 2.43 bits per heavy atom. The van der Waals surface area contributed by atoms with Crippen LogP contribution in [0, 0.1) is 0 Å². The number of Topliss-reactive ketones (excluding diaryl/α,β-unsaturated/α-hetero) is 1. The summed E-state index contributed by atoms with van der Waals surface area (Å²) in [5.41, 5.74) is 2.63. The zero-order chi connectivity index (χ0) is 20.9. The first-order valence-electron chi connectivity index (χ1n) is 9.26. The Bertz CT molecular complexity index is 865. The van der Waals surface area contributed by atoms with E-state index in [0.717, 1.165) is 5.57 Å². The summed E-state index contributed by atoms with van der Waals surface area (Å²) in [6.45, 7) is 15.6. The van der Waals surface area contributed by atoms with E-state index in [0.29, 0.717) is 28.5 Å². The molecule has 146 valence electrons. The van der Waals surface area contributed by atoms with Crippen LogP contribution in [0.25, 0.3) is 5.76 Å². The number of aromatic nitrogens is 2. The van der Waals surface area contributed by atoms with Crippen molar-refractivity contribution in [3.05, 3.63) is 102 Å². The van der Waals surface area contributed by atoms with Crippen LogP contribution in [0.2, 0.25) is 0 Å². The van der Waals surface area contributed by atoms with E-state index in [1.165, 1.54) is 0 Å². The number of allylic oxidation sites excluding steroid dienone is 4. The van der Waals surface area contributed by atoms with Gasteiger partial charge in [-0.25, -0.2) is 4.98 Å². The smallest absolute Gasteiger partial charge is 0.168 e. The monoisotopic (exact) mass is 376 g/mol. The maximum Gasteiger partial charge on any atom is 0.168 e. The second-order valence-corrected chi connectivity index (χ2v) is 5.71. The number of carbonyl (C=O) groups excluding carboxylic acids is 1. The summed E-state index contributed by atoms with van der Waals surface area (Å²) < 4.78 is 5.80. The standard InChI is InChI=1S/C22H22N2O2.C2H6/c1-5-6-10-22(16(2)3)26-17(4)20-9-7-8-19(24-20)15-21(25)18-11-13-23-14-12-18;1-2/h5-14H,2,4,15H2,1,3H3;1-2H3/b6-5-,22-10+;. The molecule has 0 aromatic carbocycles. The predicted molar refractivity (Wildman–Crippen MR) is 116 cm³/mol. The van der Waals surface area contributed by atoms with Gasteiger partial charge < -0.3 is 4.74 Å². The molecule has 28 heavy (non-hydrogen) atoms. The number of pyridine rings is 2. The number of nitrogens with zero attached hydrogens (tertiary/aromatic N) is 2. The molecule has 0 amide bonds. The molecule has 0 aliphatic carbocycles. The highest BCUT2D eigenvalue weighted by atomic mass is 16.5. The minimum Gasteiger partial charge on any atom is -0.455 e. The molecule has 0 saturated carbocycles. The molecule has 2 heterocycles. The molecule has 0 spiro atoms. The largest absolute Gasteiger partial charge is 0.455 e. The van der Waals surface area contributed by atoms with Crippen LogP contribution >= 0.6 is 0 Å². The van der Waals surface area contributed by atoms with Crippen LogP contribution in [0.1, 0.15) is 49.4 Å². The summed E-state index contributed by atoms with van der Waals surface area (Å²) in [5, 5.41) is 0. The normalized spacial score (nSPS) is 10.8. The van der Waals surface area contributed by atoms with Crippen LogP contribution in [-0.4, -0.2) is 15.8 Å². The van der Waals surface area contributed by atoms with Gasteiger partial charge in [0.1, 0.15) is 17.2 Å². The Labute approximate surface area is 168 Å². The van der Waals surface area contributed by atoms with E-state index in [9.17, 15) is 4.79 Å². The van der Waals surface area contributed by atoms with Crippen molar-refractivity contribution < 1.29 is 9.53 Å². The molecule has 0 atom stereocenters. The van der Waals surface area contributed by atoms with E-state index in [-0.39, 0.29) is 12.2 Å². The summed E-state index contributed by atoms with van der Waals surface area (Å²) >= 11 is 0. The third kappa shape index (κ3) is 7.16. The van der Waals surface area contributed by atoms with Gasteiger partial charge >= 0.3 is 0 Å². The third-order valence-corrected chi connectivity index (χ3v) is 3.53. The lowest BCUT2D eigenvalue weighted by molar-refractivity contribution is 0.0992. The first kappa shape index (κ1) is 22.8. The fourth-order valence-electron chi connectivity index (χ4n) is 2.17. The molecule has 0 N–H and O–H groups in total. The van der Waals surface area contributed by atoms with Gasteiger partial charge in [-0.3, -0.25) is 9.78 Å². The van der Waals surface area contributed by atoms with Gasteiger partial charge in [-0.1, -0.05) is 45.2 Å². The summed E-state index contributed by atoms with van der Waals surface area (Å²) in [5.74, 6) is 1.01. The van der Waals surface area contributed by atoms with E-state index in [1.54, 1.807) is 30.6 Å². The summed E-state index contributed by atoms with van der Waals surface area (Å²) in [6, 6.07) is 8.83. The van der Waals surface area contributed by atoms with Gasteiger partial charge in [0, 0.05) is 23.7 Å². The quantitative estimate of drug-likeness (QED) is 0.324. The summed E-state index contributed by atoms with van der Waals surface area (Å²) in [6.07, 6.45) is 9.00. The minimum atomic E-state index is -0.0146. The van der Waals surface area contributed by atoms with Crippen molar-refractivity contribution in [3.8, 4) is 0 Å². The highest BCUT2D eigenvalue weighted by Crippen LogP contribution is 2.20. The maximum absolute atomic E-state index is 12.3. The van der Waals surface area contributed by atoms with Gasteiger partial charge in [-0.05, 0) is 49.8 Å². The molecular formula is C24H28N2O2. The first-order valence-corrected chi connectivity index (χ1v) is 9.26. The lowest BCUT2D eigenvalue weighted by Crippen LogP contribution is -2.06. The van der Waals surface area contributed by atoms with Gasteiger partial charge in [-0.2, -0.15) is 0 Å². The molecule has 0 aliphatic heterocycles. The molecule has 4 nitrogen and oxygen atoms in total. The number of hydrogen-bond donors (Lipinski definition) is 0. The highest BCUT2D eigenvalue weighted by molar-refractivity contribution is 5.97. The molecule has 0 radical (unpaired) electrons. The minimum absolute atomic E-state index is 0.0146. The number of ether oxygens (including phenoxy) is 1. The van der Waals surface area contributed by atoms with Gasteiger partial charge in [-0.15, -0.1) is 0 Å². The number of hydrogen-bond acceptors (Lipinski definition) is 4. The second kappa shape index (κ2) is 12.2. The molecule has 0 bridgehead atoms. The average molecular weight is 376 g/mol.